The van der Waals surface area contributed by atoms with Crippen molar-refractivity contribution in [3.05, 3.63) is 29.3 Å². The van der Waals surface area contributed by atoms with Crippen LogP contribution in [0, 0.1) is 0 Å². The maximum absolute atomic E-state index is 12.6. The van der Waals surface area contributed by atoms with Gasteiger partial charge in [-0.2, -0.15) is 4.31 Å². The van der Waals surface area contributed by atoms with Gasteiger partial charge >= 0.3 is 0 Å². The van der Waals surface area contributed by atoms with Crippen molar-refractivity contribution in [2.24, 2.45) is 0 Å². The molecule has 1 saturated heterocycles. The molecule has 2 atom stereocenters. The average Bonchev–Trinajstić information content (AvgIpc) is 2.32. The van der Waals surface area contributed by atoms with Gasteiger partial charge < -0.3 is 5.32 Å². The predicted molar refractivity (Wildman–Crippen MR) is 79.5 cm³/mol. The first-order valence-corrected chi connectivity index (χ1v) is 7.74. The normalized spacial score (nSPS) is 24.8. The quantitative estimate of drug-likeness (QED) is 0.906. The lowest BCUT2D eigenvalue weighted by Crippen LogP contribution is -2.56. The van der Waals surface area contributed by atoms with Gasteiger partial charge in [-0.15, -0.1) is 12.4 Å². The minimum atomic E-state index is -3.51. The minimum Gasteiger partial charge on any atom is -0.311 e. The molecule has 1 aliphatic heterocycles. The SMILES string of the molecule is CC1CN(S(=O)(=O)c2ccccc2Cl)C(C)CN1.Cl. The molecule has 0 amide bonds. The summed E-state index contributed by atoms with van der Waals surface area (Å²) in [5, 5.41) is 3.53. The first-order valence-electron chi connectivity index (χ1n) is 5.92. The van der Waals surface area contributed by atoms with Gasteiger partial charge in [0.05, 0.1) is 5.02 Å². The van der Waals surface area contributed by atoms with Crippen molar-refractivity contribution in [1.29, 1.82) is 0 Å². The number of halogens is 2. The Kier molecular flexibility index (Phi) is 5.65. The van der Waals surface area contributed by atoms with E-state index in [0.29, 0.717) is 13.1 Å². The minimum absolute atomic E-state index is 0. The molecule has 0 aromatic heterocycles. The molecule has 1 fully saturated rings. The van der Waals surface area contributed by atoms with Gasteiger partial charge in [-0.3, -0.25) is 0 Å². The highest BCUT2D eigenvalue weighted by Gasteiger charge is 2.34. The lowest BCUT2D eigenvalue weighted by atomic mass is 10.2. The second-order valence-electron chi connectivity index (χ2n) is 4.66. The van der Waals surface area contributed by atoms with Crippen LogP contribution in [-0.4, -0.2) is 37.9 Å². The summed E-state index contributed by atoms with van der Waals surface area (Å²) in [4.78, 5) is 0.188. The zero-order chi connectivity index (χ0) is 13.3. The highest BCUT2D eigenvalue weighted by molar-refractivity contribution is 7.89. The van der Waals surface area contributed by atoms with E-state index in [2.05, 4.69) is 5.32 Å². The van der Waals surface area contributed by atoms with Gasteiger partial charge in [0, 0.05) is 25.2 Å². The third-order valence-corrected chi connectivity index (χ3v) is 5.61. The predicted octanol–water partition coefficient (Wildman–Crippen LogP) is 2.13. The Hall–Kier alpha value is -0.330. The molecule has 1 aromatic carbocycles. The third kappa shape index (κ3) is 3.41. The second kappa shape index (κ2) is 6.41. The Morgan fingerprint density at radius 3 is 2.58 bits per heavy atom. The van der Waals surface area contributed by atoms with E-state index >= 15 is 0 Å². The molecule has 0 bridgehead atoms. The standard InChI is InChI=1S/C12H17ClN2O2S.ClH/c1-9-8-15(10(2)7-14-9)18(16,17)12-6-4-3-5-11(12)13;/h3-6,9-10,14H,7-8H2,1-2H3;1H. The topological polar surface area (TPSA) is 49.4 Å². The molecule has 1 aliphatic rings. The summed E-state index contributed by atoms with van der Waals surface area (Å²) < 4.78 is 26.7. The van der Waals surface area contributed by atoms with Crippen molar-refractivity contribution < 1.29 is 8.42 Å². The van der Waals surface area contributed by atoms with Gasteiger partial charge in [0.2, 0.25) is 10.0 Å². The van der Waals surface area contributed by atoms with Gasteiger partial charge in [-0.1, -0.05) is 23.7 Å². The van der Waals surface area contributed by atoms with E-state index in [1.807, 2.05) is 13.8 Å². The third-order valence-electron chi connectivity index (χ3n) is 3.13. The number of benzene rings is 1. The van der Waals surface area contributed by atoms with Crippen molar-refractivity contribution in [1.82, 2.24) is 9.62 Å². The monoisotopic (exact) mass is 324 g/mol. The highest BCUT2D eigenvalue weighted by Crippen LogP contribution is 2.26. The first-order chi connectivity index (χ1) is 8.43. The lowest BCUT2D eigenvalue weighted by molar-refractivity contribution is 0.244. The van der Waals surface area contributed by atoms with Crippen molar-refractivity contribution in [2.45, 2.75) is 30.8 Å². The van der Waals surface area contributed by atoms with Crippen LogP contribution < -0.4 is 5.32 Å². The van der Waals surface area contributed by atoms with Crippen LogP contribution in [0.5, 0.6) is 0 Å². The fraction of sp³-hybridized carbons (Fsp3) is 0.500. The molecule has 108 valence electrons. The maximum Gasteiger partial charge on any atom is 0.244 e. The Morgan fingerprint density at radius 2 is 1.95 bits per heavy atom. The van der Waals surface area contributed by atoms with Crippen LogP contribution in [0.25, 0.3) is 0 Å². The smallest absolute Gasteiger partial charge is 0.244 e. The summed E-state index contributed by atoms with van der Waals surface area (Å²) in [7, 11) is -3.51. The summed E-state index contributed by atoms with van der Waals surface area (Å²) >= 11 is 5.99. The van der Waals surface area contributed by atoms with Crippen molar-refractivity contribution in [2.75, 3.05) is 13.1 Å². The van der Waals surface area contributed by atoms with Crippen molar-refractivity contribution >= 4 is 34.0 Å². The molecular formula is C12H18Cl2N2O2S. The number of piperazine rings is 1. The number of hydrogen-bond acceptors (Lipinski definition) is 3. The summed E-state index contributed by atoms with van der Waals surface area (Å²) in [5.41, 5.74) is 0. The fourth-order valence-electron chi connectivity index (χ4n) is 2.10. The van der Waals surface area contributed by atoms with E-state index in [1.165, 1.54) is 4.31 Å². The molecule has 4 nitrogen and oxygen atoms in total. The van der Waals surface area contributed by atoms with Gasteiger partial charge in [0.1, 0.15) is 4.90 Å². The zero-order valence-electron chi connectivity index (χ0n) is 10.8. The molecule has 0 spiro atoms. The molecule has 2 unspecified atom stereocenters. The summed E-state index contributed by atoms with van der Waals surface area (Å²) in [6.07, 6.45) is 0. The molecule has 0 radical (unpaired) electrons. The lowest BCUT2D eigenvalue weighted by Gasteiger charge is -2.36. The number of hydrogen-bond donors (Lipinski definition) is 1. The first kappa shape index (κ1) is 16.7. The molecule has 2 rings (SSSR count). The van der Waals surface area contributed by atoms with Gasteiger partial charge in [0.25, 0.3) is 0 Å². The Bertz CT molecular complexity index is 536. The molecule has 7 heteroatoms. The highest BCUT2D eigenvalue weighted by atomic mass is 35.5. The zero-order valence-corrected chi connectivity index (χ0v) is 13.2. The molecule has 0 saturated carbocycles. The Morgan fingerprint density at radius 1 is 1.32 bits per heavy atom. The number of sulfonamides is 1. The van der Waals surface area contributed by atoms with Crippen molar-refractivity contribution in [3.63, 3.8) is 0 Å². The molecule has 1 N–H and O–H groups in total. The summed E-state index contributed by atoms with van der Waals surface area (Å²) in [5.74, 6) is 0. The maximum atomic E-state index is 12.6. The summed E-state index contributed by atoms with van der Waals surface area (Å²) in [6.45, 7) is 4.99. The van der Waals surface area contributed by atoms with Gasteiger partial charge in [0.15, 0.2) is 0 Å². The fourth-order valence-corrected chi connectivity index (χ4v) is 4.32. The summed E-state index contributed by atoms with van der Waals surface area (Å²) in [6, 6.07) is 6.66. The van der Waals surface area contributed by atoms with E-state index in [-0.39, 0.29) is 34.4 Å². The number of nitrogens with one attached hydrogen (secondary N) is 1. The van der Waals surface area contributed by atoms with Crippen LogP contribution >= 0.6 is 24.0 Å². The van der Waals surface area contributed by atoms with Crippen LogP contribution in [0.2, 0.25) is 5.02 Å². The Balaban J connectivity index is 0.00000180. The number of nitrogens with zero attached hydrogens (tertiary/aromatic N) is 1. The second-order valence-corrected chi connectivity index (χ2v) is 6.93. The van der Waals surface area contributed by atoms with Crippen LogP contribution in [0.15, 0.2) is 29.2 Å². The van der Waals surface area contributed by atoms with E-state index in [0.717, 1.165) is 0 Å². The van der Waals surface area contributed by atoms with E-state index in [9.17, 15) is 8.42 Å². The van der Waals surface area contributed by atoms with Crippen LogP contribution in [0.1, 0.15) is 13.8 Å². The Labute approximate surface area is 125 Å². The van der Waals surface area contributed by atoms with Crippen LogP contribution in [0.3, 0.4) is 0 Å². The van der Waals surface area contributed by atoms with Crippen LogP contribution in [-0.2, 0) is 10.0 Å². The molecular weight excluding hydrogens is 307 g/mol. The average molecular weight is 325 g/mol. The molecule has 1 aromatic rings. The van der Waals surface area contributed by atoms with E-state index in [4.69, 9.17) is 11.6 Å². The largest absolute Gasteiger partial charge is 0.311 e. The van der Waals surface area contributed by atoms with Crippen LogP contribution in [0.4, 0.5) is 0 Å². The molecule has 1 heterocycles. The van der Waals surface area contributed by atoms with Crippen molar-refractivity contribution in [3.8, 4) is 0 Å². The molecule has 0 aliphatic carbocycles. The molecule has 19 heavy (non-hydrogen) atoms. The van der Waals surface area contributed by atoms with Gasteiger partial charge in [-0.25, -0.2) is 8.42 Å². The van der Waals surface area contributed by atoms with E-state index < -0.39 is 10.0 Å². The van der Waals surface area contributed by atoms with E-state index in [1.54, 1.807) is 24.3 Å². The number of rotatable bonds is 2. The van der Waals surface area contributed by atoms with Gasteiger partial charge in [-0.05, 0) is 26.0 Å².